The van der Waals surface area contributed by atoms with Crippen molar-refractivity contribution in [3.05, 3.63) is 71.8 Å². The fourth-order valence-corrected chi connectivity index (χ4v) is 3.91. The molecule has 150 valence electrons. The highest BCUT2D eigenvalue weighted by Crippen LogP contribution is 2.45. The van der Waals surface area contributed by atoms with Gasteiger partial charge in [0, 0.05) is 37.1 Å². The Balaban J connectivity index is 1.69. The number of ether oxygens (including phenoxy) is 1. The molecule has 1 aliphatic rings. The predicted octanol–water partition coefficient (Wildman–Crippen LogP) is 5.23. The van der Waals surface area contributed by atoms with Gasteiger partial charge in [-0.15, -0.1) is 0 Å². The van der Waals surface area contributed by atoms with Gasteiger partial charge >= 0.3 is 0 Å². The maximum atomic E-state index is 13.5. The van der Waals surface area contributed by atoms with Gasteiger partial charge in [0.25, 0.3) is 0 Å². The number of hydrogen-bond donors (Lipinski definition) is 2. The number of anilines is 3. The quantitative estimate of drug-likeness (QED) is 0.365. The molecule has 1 heterocycles. The first-order valence-corrected chi connectivity index (χ1v) is 9.93. The molecule has 30 heavy (non-hydrogen) atoms. The smallest absolute Gasteiger partial charge is 0.196 e. The van der Waals surface area contributed by atoms with Crippen LogP contribution in [0.25, 0.3) is 22.2 Å². The third kappa shape index (κ3) is 3.02. The molecule has 3 aromatic carbocycles. The Bertz CT molecular complexity index is 1230. The zero-order valence-corrected chi connectivity index (χ0v) is 16.6. The van der Waals surface area contributed by atoms with Crippen molar-refractivity contribution >= 4 is 33.7 Å². The van der Waals surface area contributed by atoms with Crippen LogP contribution in [0, 0.1) is 0 Å². The first-order valence-electron chi connectivity index (χ1n) is 9.93. The Morgan fingerprint density at radius 3 is 2.57 bits per heavy atom. The Morgan fingerprint density at radius 2 is 1.77 bits per heavy atom. The molecule has 0 aliphatic heterocycles. The van der Waals surface area contributed by atoms with Crippen LogP contribution < -0.4 is 10.6 Å². The van der Waals surface area contributed by atoms with Gasteiger partial charge < -0.3 is 19.9 Å². The Kier molecular flexibility index (Phi) is 4.69. The summed E-state index contributed by atoms with van der Waals surface area (Å²) in [5.41, 5.74) is 5.12. The molecule has 0 atom stereocenters. The number of carbonyl (C=O) groups excluding carboxylic acids is 1. The lowest BCUT2D eigenvalue weighted by Crippen LogP contribution is -2.13. The summed E-state index contributed by atoms with van der Waals surface area (Å²) in [6.07, 6.45) is 0.855. The van der Waals surface area contributed by atoms with E-state index < -0.39 is 0 Å². The molecule has 6 heteroatoms. The van der Waals surface area contributed by atoms with Crippen molar-refractivity contribution in [3.8, 4) is 11.3 Å². The second-order valence-electron chi connectivity index (χ2n) is 7.22. The van der Waals surface area contributed by atoms with E-state index in [2.05, 4.69) is 15.8 Å². The Morgan fingerprint density at radius 1 is 1.00 bits per heavy atom. The topological polar surface area (TPSA) is 76.4 Å². The van der Waals surface area contributed by atoms with E-state index in [1.165, 1.54) is 0 Å². The number of rotatable bonds is 7. The third-order valence-electron chi connectivity index (χ3n) is 5.29. The van der Waals surface area contributed by atoms with Crippen LogP contribution in [-0.4, -0.2) is 31.2 Å². The van der Waals surface area contributed by atoms with E-state index in [1.54, 1.807) is 7.11 Å². The van der Waals surface area contributed by atoms with Crippen LogP contribution in [0.1, 0.15) is 22.3 Å². The lowest BCUT2D eigenvalue weighted by molar-refractivity contribution is 0.104. The fourth-order valence-electron chi connectivity index (χ4n) is 3.91. The van der Waals surface area contributed by atoms with Crippen molar-refractivity contribution in [2.75, 3.05) is 30.9 Å². The largest absolute Gasteiger partial charge is 0.385 e. The third-order valence-corrected chi connectivity index (χ3v) is 5.29. The number of nitrogens with one attached hydrogen (secondary N) is 2. The summed E-state index contributed by atoms with van der Waals surface area (Å²) in [7, 11) is 1.69. The zero-order chi connectivity index (χ0) is 20.5. The monoisotopic (exact) mass is 399 g/mol. The van der Waals surface area contributed by atoms with Gasteiger partial charge in [-0.25, -0.2) is 0 Å². The average Bonchev–Trinajstić information content (AvgIpc) is 3.22. The maximum Gasteiger partial charge on any atom is 0.196 e. The van der Waals surface area contributed by atoms with Crippen LogP contribution in [0.15, 0.2) is 65.2 Å². The number of fused-ring (bicyclic) bond motifs is 2. The van der Waals surface area contributed by atoms with Gasteiger partial charge in [-0.3, -0.25) is 4.79 Å². The maximum absolute atomic E-state index is 13.5. The van der Waals surface area contributed by atoms with Gasteiger partial charge in [-0.1, -0.05) is 47.6 Å². The van der Waals surface area contributed by atoms with Crippen molar-refractivity contribution in [2.45, 2.75) is 6.42 Å². The van der Waals surface area contributed by atoms with E-state index in [4.69, 9.17) is 9.26 Å². The molecule has 6 nitrogen and oxygen atoms in total. The molecule has 0 fully saturated rings. The summed E-state index contributed by atoms with van der Waals surface area (Å²) in [4.78, 5) is 13.5. The van der Waals surface area contributed by atoms with Gasteiger partial charge in [0.15, 0.2) is 11.5 Å². The number of nitrogens with zero attached hydrogens (tertiary/aromatic N) is 1. The second-order valence-corrected chi connectivity index (χ2v) is 7.22. The number of ketones is 1. The first kappa shape index (κ1) is 18.4. The van der Waals surface area contributed by atoms with Crippen LogP contribution >= 0.6 is 0 Å². The van der Waals surface area contributed by atoms with E-state index in [-0.39, 0.29) is 5.78 Å². The molecule has 0 amide bonds. The molecule has 0 spiro atoms. The Labute approximate surface area is 173 Å². The minimum atomic E-state index is -0.0318. The molecule has 1 aliphatic carbocycles. The fraction of sp³-hybridized carbons (Fsp3) is 0.167. The van der Waals surface area contributed by atoms with Crippen LogP contribution in [0.3, 0.4) is 0 Å². The molecular formula is C24H21N3O3. The minimum absolute atomic E-state index is 0.0318. The number of methoxy groups -OCH3 is 1. The van der Waals surface area contributed by atoms with Gasteiger partial charge in [0.2, 0.25) is 0 Å². The van der Waals surface area contributed by atoms with Crippen LogP contribution in [0.4, 0.5) is 17.1 Å². The molecule has 5 rings (SSSR count). The van der Waals surface area contributed by atoms with Crippen LogP contribution in [-0.2, 0) is 4.74 Å². The van der Waals surface area contributed by atoms with Crippen molar-refractivity contribution in [2.24, 2.45) is 0 Å². The van der Waals surface area contributed by atoms with E-state index in [9.17, 15) is 4.79 Å². The Hall–Kier alpha value is -3.64. The van der Waals surface area contributed by atoms with Gasteiger partial charge in [0.1, 0.15) is 5.52 Å². The van der Waals surface area contributed by atoms with Crippen molar-refractivity contribution in [1.82, 2.24) is 5.16 Å². The molecule has 2 N–H and O–H groups in total. The van der Waals surface area contributed by atoms with Gasteiger partial charge in [-0.2, -0.15) is 0 Å². The lowest BCUT2D eigenvalue weighted by Gasteiger charge is -2.19. The summed E-state index contributed by atoms with van der Waals surface area (Å²) in [6, 6.07) is 19.3. The van der Waals surface area contributed by atoms with Crippen LogP contribution in [0.2, 0.25) is 0 Å². The number of aromatic nitrogens is 1. The molecule has 0 radical (unpaired) electrons. The normalized spacial score (nSPS) is 12.1. The summed E-state index contributed by atoms with van der Waals surface area (Å²) in [5, 5.41) is 11.9. The van der Waals surface area contributed by atoms with E-state index in [0.29, 0.717) is 29.0 Å². The summed E-state index contributed by atoms with van der Waals surface area (Å²) >= 11 is 0. The first-order chi connectivity index (χ1) is 14.8. The summed E-state index contributed by atoms with van der Waals surface area (Å²) < 4.78 is 10.9. The van der Waals surface area contributed by atoms with E-state index in [1.807, 2.05) is 60.7 Å². The molecule has 0 saturated carbocycles. The van der Waals surface area contributed by atoms with Crippen LogP contribution in [0.5, 0.6) is 0 Å². The molecule has 0 saturated heterocycles. The zero-order valence-electron chi connectivity index (χ0n) is 16.6. The molecule has 4 aromatic rings. The highest BCUT2D eigenvalue weighted by Gasteiger charge is 2.32. The highest BCUT2D eigenvalue weighted by atomic mass is 16.5. The summed E-state index contributed by atoms with van der Waals surface area (Å²) in [6.45, 7) is 1.39. The molecule has 1 aromatic heterocycles. The number of hydrogen-bond acceptors (Lipinski definition) is 6. The van der Waals surface area contributed by atoms with Gasteiger partial charge in [-0.05, 0) is 24.6 Å². The average molecular weight is 399 g/mol. The molecular weight excluding hydrogens is 378 g/mol. The summed E-state index contributed by atoms with van der Waals surface area (Å²) in [5.74, 6) is 0.600. The molecule has 0 bridgehead atoms. The minimum Gasteiger partial charge on any atom is -0.385 e. The standard InChI is InChI=1S/C24H21N3O3/c1-29-13-7-12-25-19-14-18(26-15-8-3-2-4-9-15)20-21-22(19)27-30-24(21)17-11-6-5-10-16(17)23(20)28/h2-6,8-11,14,25-26H,7,12-13H2,1H3. The lowest BCUT2D eigenvalue weighted by atomic mass is 9.86. The van der Waals surface area contributed by atoms with Crippen molar-refractivity contribution < 1.29 is 14.1 Å². The second kappa shape index (κ2) is 7.65. The molecule has 0 unspecified atom stereocenters. The number of carbonyl (C=O) groups is 1. The van der Waals surface area contributed by atoms with Crippen molar-refractivity contribution in [3.63, 3.8) is 0 Å². The number of benzene rings is 3. The predicted molar refractivity (Wildman–Crippen MR) is 118 cm³/mol. The van der Waals surface area contributed by atoms with E-state index in [0.717, 1.165) is 41.0 Å². The van der Waals surface area contributed by atoms with Crippen molar-refractivity contribution in [1.29, 1.82) is 0 Å². The highest BCUT2D eigenvalue weighted by molar-refractivity contribution is 6.28. The van der Waals surface area contributed by atoms with E-state index >= 15 is 0 Å². The van der Waals surface area contributed by atoms with Gasteiger partial charge in [0.05, 0.1) is 22.3 Å². The SMILES string of the molecule is COCCCNc1cc(Nc2ccccc2)c2c3c(onc13)-c1ccccc1C2=O. The number of para-hydroxylation sites is 1.